The molecule has 0 spiro atoms. The molecule has 0 saturated heterocycles. The van der Waals surface area contributed by atoms with E-state index < -0.39 is 0 Å². The van der Waals surface area contributed by atoms with Crippen molar-refractivity contribution in [1.82, 2.24) is 0 Å². The van der Waals surface area contributed by atoms with Gasteiger partial charge in [-0.25, -0.2) is 0 Å². The summed E-state index contributed by atoms with van der Waals surface area (Å²) < 4.78 is 5.05. The Morgan fingerprint density at radius 2 is 1.65 bits per heavy atom. The van der Waals surface area contributed by atoms with Gasteiger partial charge >= 0.3 is 0 Å². The molecule has 0 atom stereocenters. The minimum Gasteiger partial charge on any atom is -0.497 e. The van der Waals surface area contributed by atoms with E-state index in [1.54, 1.807) is 55.7 Å². The molecule has 0 saturated carbocycles. The van der Waals surface area contributed by atoms with Gasteiger partial charge in [0.25, 0.3) is 0 Å². The van der Waals surface area contributed by atoms with E-state index >= 15 is 0 Å². The SMILES string of the molecule is COc1ccc(C(=O)/C=C/c2cc(Cl)cc(Cl)c2)cc1. The predicted molar refractivity (Wildman–Crippen MR) is 82.8 cm³/mol. The van der Waals surface area contributed by atoms with Crippen LogP contribution in [0.1, 0.15) is 15.9 Å². The lowest BCUT2D eigenvalue weighted by atomic mass is 10.1. The predicted octanol–water partition coefficient (Wildman–Crippen LogP) is 4.90. The highest BCUT2D eigenvalue weighted by atomic mass is 35.5. The molecule has 0 aromatic heterocycles. The highest BCUT2D eigenvalue weighted by molar-refractivity contribution is 6.34. The third-order valence-electron chi connectivity index (χ3n) is 2.69. The monoisotopic (exact) mass is 306 g/mol. The molecule has 0 aliphatic heterocycles. The zero-order chi connectivity index (χ0) is 14.5. The molecule has 2 aromatic carbocycles. The first-order chi connectivity index (χ1) is 9.58. The Morgan fingerprint density at radius 1 is 1.05 bits per heavy atom. The fourth-order valence-electron chi connectivity index (χ4n) is 1.69. The number of methoxy groups -OCH3 is 1. The lowest BCUT2D eigenvalue weighted by Crippen LogP contribution is -1.94. The second-order valence-corrected chi connectivity index (χ2v) is 5.00. The number of rotatable bonds is 4. The van der Waals surface area contributed by atoms with Crippen LogP contribution in [-0.2, 0) is 0 Å². The van der Waals surface area contributed by atoms with Crippen LogP contribution in [0.2, 0.25) is 10.0 Å². The third-order valence-corrected chi connectivity index (χ3v) is 3.12. The standard InChI is InChI=1S/C16H12Cl2O2/c1-20-15-5-3-12(4-6-15)16(19)7-2-11-8-13(17)10-14(18)9-11/h2-10H,1H3/b7-2+. The summed E-state index contributed by atoms with van der Waals surface area (Å²) in [5.41, 5.74) is 1.37. The fourth-order valence-corrected chi connectivity index (χ4v) is 2.24. The Hall–Kier alpha value is -1.77. The summed E-state index contributed by atoms with van der Waals surface area (Å²) in [6, 6.07) is 12.1. The van der Waals surface area contributed by atoms with Crippen LogP contribution in [0.3, 0.4) is 0 Å². The largest absolute Gasteiger partial charge is 0.497 e. The second kappa shape index (κ2) is 6.60. The number of benzene rings is 2. The highest BCUT2D eigenvalue weighted by Gasteiger charge is 2.02. The second-order valence-electron chi connectivity index (χ2n) is 4.13. The molecule has 0 unspecified atom stereocenters. The molecule has 0 aliphatic rings. The van der Waals surface area contributed by atoms with Crippen LogP contribution in [0, 0.1) is 0 Å². The number of carbonyl (C=O) groups excluding carboxylic acids is 1. The number of allylic oxidation sites excluding steroid dienone is 1. The Labute approximate surface area is 127 Å². The molecule has 0 aliphatic carbocycles. The van der Waals surface area contributed by atoms with Gasteiger partial charge in [-0.05, 0) is 54.1 Å². The summed E-state index contributed by atoms with van der Waals surface area (Å²) in [4.78, 5) is 12.0. The van der Waals surface area contributed by atoms with E-state index in [9.17, 15) is 4.79 Å². The van der Waals surface area contributed by atoms with Crippen molar-refractivity contribution in [1.29, 1.82) is 0 Å². The van der Waals surface area contributed by atoms with Crippen LogP contribution in [0.4, 0.5) is 0 Å². The first-order valence-corrected chi connectivity index (χ1v) is 6.66. The molecule has 0 N–H and O–H groups in total. The molecule has 2 aromatic rings. The number of ketones is 1. The van der Waals surface area contributed by atoms with Crippen molar-refractivity contribution in [2.24, 2.45) is 0 Å². The molecule has 0 amide bonds. The van der Waals surface area contributed by atoms with E-state index in [2.05, 4.69) is 0 Å². The number of halogens is 2. The molecule has 102 valence electrons. The summed E-state index contributed by atoms with van der Waals surface area (Å²) in [6.45, 7) is 0. The quantitative estimate of drug-likeness (QED) is 0.593. The topological polar surface area (TPSA) is 26.3 Å². The first-order valence-electron chi connectivity index (χ1n) is 5.91. The Morgan fingerprint density at radius 3 is 2.20 bits per heavy atom. The van der Waals surface area contributed by atoms with Crippen molar-refractivity contribution in [3.8, 4) is 5.75 Å². The van der Waals surface area contributed by atoms with Gasteiger partial charge in [-0.1, -0.05) is 29.3 Å². The molecule has 2 nitrogen and oxygen atoms in total. The van der Waals surface area contributed by atoms with Crippen LogP contribution in [0.15, 0.2) is 48.5 Å². The maximum Gasteiger partial charge on any atom is 0.185 e. The Balaban J connectivity index is 2.15. The van der Waals surface area contributed by atoms with Crippen LogP contribution < -0.4 is 4.74 Å². The summed E-state index contributed by atoms with van der Waals surface area (Å²) in [7, 11) is 1.58. The minimum absolute atomic E-state index is 0.0937. The average Bonchev–Trinajstić information content (AvgIpc) is 2.44. The van der Waals surface area contributed by atoms with Crippen LogP contribution in [0.5, 0.6) is 5.75 Å². The summed E-state index contributed by atoms with van der Waals surface area (Å²) >= 11 is 11.8. The number of hydrogen-bond donors (Lipinski definition) is 0. The lowest BCUT2D eigenvalue weighted by molar-refractivity contribution is 0.104. The molecular weight excluding hydrogens is 295 g/mol. The maximum absolute atomic E-state index is 12.0. The zero-order valence-corrected chi connectivity index (χ0v) is 12.3. The Kier molecular flexibility index (Phi) is 4.83. The van der Waals surface area contributed by atoms with Crippen LogP contribution >= 0.6 is 23.2 Å². The normalized spacial score (nSPS) is 10.8. The van der Waals surface area contributed by atoms with Crippen molar-refractivity contribution in [2.75, 3.05) is 7.11 Å². The van der Waals surface area contributed by atoms with Crippen molar-refractivity contribution >= 4 is 35.1 Å². The smallest absolute Gasteiger partial charge is 0.185 e. The molecule has 20 heavy (non-hydrogen) atoms. The average molecular weight is 307 g/mol. The lowest BCUT2D eigenvalue weighted by Gasteiger charge is -2.00. The highest BCUT2D eigenvalue weighted by Crippen LogP contribution is 2.20. The van der Waals surface area contributed by atoms with Gasteiger partial charge in [0.15, 0.2) is 5.78 Å². The van der Waals surface area contributed by atoms with Gasteiger partial charge in [-0.15, -0.1) is 0 Å². The third kappa shape index (κ3) is 3.86. The van der Waals surface area contributed by atoms with Crippen molar-refractivity contribution in [3.63, 3.8) is 0 Å². The number of hydrogen-bond acceptors (Lipinski definition) is 2. The fraction of sp³-hybridized carbons (Fsp3) is 0.0625. The summed E-state index contributed by atoms with van der Waals surface area (Å²) in [5, 5.41) is 1.07. The molecule has 4 heteroatoms. The van der Waals surface area contributed by atoms with Gasteiger partial charge < -0.3 is 4.74 Å². The first kappa shape index (κ1) is 14.6. The zero-order valence-electron chi connectivity index (χ0n) is 10.8. The minimum atomic E-state index is -0.0937. The van der Waals surface area contributed by atoms with E-state index in [4.69, 9.17) is 27.9 Å². The van der Waals surface area contributed by atoms with Gasteiger partial charge in [0.2, 0.25) is 0 Å². The van der Waals surface area contributed by atoms with Crippen molar-refractivity contribution in [3.05, 3.63) is 69.7 Å². The van der Waals surface area contributed by atoms with Crippen molar-refractivity contribution in [2.45, 2.75) is 0 Å². The van der Waals surface area contributed by atoms with Gasteiger partial charge in [0.05, 0.1) is 7.11 Å². The van der Waals surface area contributed by atoms with Gasteiger partial charge in [-0.2, -0.15) is 0 Å². The van der Waals surface area contributed by atoms with E-state index in [-0.39, 0.29) is 5.78 Å². The van der Waals surface area contributed by atoms with Gasteiger partial charge in [0.1, 0.15) is 5.75 Å². The van der Waals surface area contributed by atoms with Gasteiger partial charge in [-0.3, -0.25) is 4.79 Å². The van der Waals surface area contributed by atoms with E-state index in [1.165, 1.54) is 6.08 Å². The Bertz CT molecular complexity index is 626. The summed E-state index contributed by atoms with van der Waals surface area (Å²) in [6.07, 6.45) is 3.17. The van der Waals surface area contributed by atoms with Gasteiger partial charge in [0, 0.05) is 15.6 Å². The summed E-state index contributed by atoms with van der Waals surface area (Å²) in [5.74, 6) is 0.621. The number of carbonyl (C=O) groups is 1. The van der Waals surface area contributed by atoms with Crippen LogP contribution in [0.25, 0.3) is 6.08 Å². The van der Waals surface area contributed by atoms with Crippen molar-refractivity contribution < 1.29 is 9.53 Å². The van der Waals surface area contributed by atoms with E-state index in [0.29, 0.717) is 21.4 Å². The van der Waals surface area contributed by atoms with Crippen LogP contribution in [-0.4, -0.2) is 12.9 Å². The molecule has 0 heterocycles. The molecule has 0 radical (unpaired) electrons. The van der Waals surface area contributed by atoms with E-state index in [1.807, 2.05) is 0 Å². The maximum atomic E-state index is 12.0. The molecule has 2 rings (SSSR count). The number of ether oxygens (including phenoxy) is 1. The molecular formula is C16H12Cl2O2. The molecule has 0 fully saturated rings. The van der Waals surface area contributed by atoms with E-state index in [0.717, 1.165) is 5.56 Å². The molecule has 0 bridgehead atoms.